The molecule has 0 spiro atoms. The molecule has 0 radical (unpaired) electrons. The third-order valence-electron chi connectivity index (χ3n) is 4.19. The SMILES string of the molecule is CCCC.CN(C)CCCNC(=O)c1cccc(NC(=O)c2ccc(Cl)s2)c1CO. The highest BCUT2D eigenvalue weighted by Crippen LogP contribution is 2.25. The molecule has 2 amide bonds. The Hall–Kier alpha value is -1.93. The number of carbonyl (C=O) groups is 2. The van der Waals surface area contributed by atoms with Crippen LogP contribution in [0.15, 0.2) is 30.3 Å². The largest absolute Gasteiger partial charge is 0.392 e. The average molecular weight is 454 g/mol. The molecule has 0 saturated heterocycles. The molecule has 30 heavy (non-hydrogen) atoms. The predicted molar refractivity (Wildman–Crippen MR) is 126 cm³/mol. The van der Waals surface area contributed by atoms with E-state index in [-0.39, 0.29) is 18.4 Å². The van der Waals surface area contributed by atoms with Crippen molar-refractivity contribution >= 4 is 40.4 Å². The Bertz CT molecular complexity index is 807. The molecule has 0 saturated carbocycles. The lowest BCUT2D eigenvalue weighted by atomic mass is 10.0. The third-order valence-corrected chi connectivity index (χ3v) is 5.42. The van der Waals surface area contributed by atoms with Crippen LogP contribution in [0.5, 0.6) is 0 Å². The van der Waals surface area contributed by atoms with Crippen molar-refractivity contribution in [3.63, 3.8) is 0 Å². The summed E-state index contributed by atoms with van der Waals surface area (Å²) >= 11 is 7.02. The normalized spacial score (nSPS) is 10.4. The second-order valence-electron chi connectivity index (χ2n) is 6.96. The van der Waals surface area contributed by atoms with Gasteiger partial charge >= 0.3 is 0 Å². The number of hydrogen-bond donors (Lipinski definition) is 3. The zero-order valence-corrected chi connectivity index (χ0v) is 19.7. The molecule has 3 N–H and O–H groups in total. The van der Waals surface area contributed by atoms with E-state index in [1.54, 1.807) is 30.3 Å². The van der Waals surface area contributed by atoms with Crippen LogP contribution in [0, 0.1) is 0 Å². The number of unbranched alkanes of at least 4 members (excludes halogenated alkanes) is 1. The van der Waals surface area contributed by atoms with Crippen molar-refractivity contribution in [2.45, 2.75) is 39.7 Å². The first-order chi connectivity index (χ1) is 14.3. The number of carbonyl (C=O) groups excluding carboxylic acids is 2. The summed E-state index contributed by atoms with van der Waals surface area (Å²) in [6.45, 7) is 5.40. The maximum atomic E-state index is 12.4. The van der Waals surface area contributed by atoms with Crippen molar-refractivity contribution in [2.24, 2.45) is 0 Å². The van der Waals surface area contributed by atoms with Crippen molar-refractivity contribution in [2.75, 3.05) is 32.5 Å². The summed E-state index contributed by atoms with van der Waals surface area (Å²) in [4.78, 5) is 27.2. The van der Waals surface area contributed by atoms with Crippen LogP contribution in [0.2, 0.25) is 4.34 Å². The monoisotopic (exact) mass is 453 g/mol. The summed E-state index contributed by atoms with van der Waals surface area (Å²) in [6.07, 6.45) is 3.46. The van der Waals surface area contributed by atoms with Crippen LogP contribution in [0.3, 0.4) is 0 Å². The fourth-order valence-corrected chi connectivity index (χ4v) is 3.34. The minimum atomic E-state index is -0.359. The average Bonchev–Trinajstić information content (AvgIpc) is 3.17. The third kappa shape index (κ3) is 8.83. The van der Waals surface area contributed by atoms with Gasteiger partial charge in [-0.15, -0.1) is 11.3 Å². The Labute approximate surface area is 188 Å². The molecule has 2 aromatic rings. The Balaban J connectivity index is 0.00000103. The summed E-state index contributed by atoms with van der Waals surface area (Å²) in [7, 11) is 3.94. The summed E-state index contributed by atoms with van der Waals surface area (Å²) in [5, 5.41) is 15.3. The van der Waals surface area contributed by atoms with E-state index in [9.17, 15) is 14.7 Å². The molecule has 0 fully saturated rings. The van der Waals surface area contributed by atoms with E-state index in [2.05, 4.69) is 24.5 Å². The summed E-state index contributed by atoms with van der Waals surface area (Å²) in [5.41, 5.74) is 1.14. The first-order valence-corrected chi connectivity index (χ1v) is 11.3. The van der Waals surface area contributed by atoms with Crippen LogP contribution in [-0.4, -0.2) is 49.0 Å². The molecule has 166 valence electrons. The first-order valence-electron chi connectivity index (χ1n) is 10.1. The van der Waals surface area contributed by atoms with Gasteiger partial charge < -0.3 is 20.6 Å². The standard InChI is InChI=1S/C18H22ClN3O3S.C4H10/c1-22(2)10-4-9-20-17(24)12-5-3-6-14(13(12)11-23)21-18(25)15-7-8-16(19)26-15;1-3-4-2/h3,5-8,23H,4,9-11H2,1-2H3,(H,20,24)(H,21,25);3-4H2,1-2H3. The number of nitrogens with zero attached hydrogens (tertiary/aromatic N) is 1. The van der Waals surface area contributed by atoms with Gasteiger partial charge in [-0.2, -0.15) is 0 Å². The van der Waals surface area contributed by atoms with Crippen LogP contribution in [-0.2, 0) is 6.61 Å². The number of thiophene rings is 1. The molecule has 6 nitrogen and oxygen atoms in total. The second-order valence-corrected chi connectivity index (χ2v) is 8.68. The zero-order chi connectivity index (χ0) is 22.5. The lowest BCUT2D eigenvalue weighted by molar-refractivity contribution is 0.0947. The molecule has 0 aliphatic heterocycles. The number of aliphatic hydroxyl groups excluding tert-OH is 1. The fraction of sp³-hybridized carbons (Fsp3) is 0.455. The minimum absolute atomic E-state index is 0.275. The molecule has 0 aliphatic carbocycles. The van der Waals surface area contributed by atoms with E-state index >= 15 is 0 Å². The smallest absolute Gasteiger partial charge is 0.265 e. The van der Waals surface area contributed by atoms with Gasteiger partial charge in [0.25, 0.3) is 11.8 Å². The first kappa shape index (κ1) is 26.1. The molecular weight excluding hydrogens is 422 g/mol. The number of halogens is 1. The number of aliphatic hydroxyl groups is 1. The Morgan fingerprint density at radius 1 is 1.10 bits per heavy atom. The van der Waals surface area contributed by atoms with Gasteiger partial charge in [0.15, 0.2) is 0 Å². The lowest BCUT2D eigenvalue weighted by Crippen LogP contribution is -2.28. The Morgan fingerprint density at radius 2 is 1.80 bits per heavy atom. The molecular formula is C22H32ClN3O3S. The number of nitrogens with one attached hydrogen (secondary N) is 2. The molecule has 2 rings (SSSR count). The van der Waals surface area contributed by atoms with Crippen LogP contribution in [0.1, 0.15) is 58.7 Å². The van der Waals surface area contributed by atoms with Gasteiger partial charge in [-0.25, -0.2) is 0 Å². The highest BCUT2D eigenvalue weighted by molar-refractivity contribution is 7.18. The van der Waals surface area contributed by atoms with Gasteiger partial charge in [-0.1, -0.05) is 44.4 Å². The van der Waals surface area contributed by atoms with Crippen LogP contribution in [0.4, 0.5) is 5.69 Å². The zero-order valence-electron chi connectivity index (χ0n) is 18.1. The van der Waals surface area contributed by atoms with E-state index in [4.69, 9.17) is 11.6 Å². The Kier molecular flexibility index (Phi) is 12.3. The molecule has 8 heteroatoms. The predicted octanol–water partition coefficient (Wildman–Crippen LogP) is 4.63. The molecule has 1 aromatic carbocycles. The number of hydrogen-bond acceptors (Lipinski definition) is 5. The van der Waals surface area contributed by atoms with Gasteiger partial charge in [0.2, 0.25) is 0 Å². The molecule has 0 aliphatic rings. The maximum Gasteiger partial charge on any atom is 0.265 e. The van der Waals surface area contributed by atoms with Crippen LogP contribution < -0.4 is 10.6 Å². The van der Waals surface area contributed by atoms with Gasteiger partial charge in [-0.3, -0.25) is 9.59 Å². The minimum Gasteiger partial charge on any atom is -0.392 e. The molecule has 1 heterocycles. The van der Waals surface area contributed by atoms with E-state index in [1.165, 1.54) is 12.8 Å². The van der Waals surface area contributed by atoms with Gasteiger partial charge in [0, 0.05) is 23.4 Å². The topological polar surface area (TPSA) is 81.7 Å². The van der Waals surface area contributed by atoms with Crippen molar-refractivity contribution in [3.8, 4) is 0 Å². The van der Waals surface area contributed by atoms with Crippen molar-refractivity contribution in [3.05, 3.63) is 50.7 Å². The van der Waals surface area contributed by atoms with E-state index in [0.717, 1.165) is 24.3 Å². The van der Waals surface area contributed by atoms with Crippen molar-refractivity contribution < 1.29 is 14.7 Å². The molecule has 0 atom stereocenters. The van der Waals surface area contributed by atoms with Crippen molar-refractivity contribution in [1.29, 1.82) is 0 Å². The van der Waals surface area contributed by atoms with E-state index < -0.39 is 0 Å². The van der Waals surface area contributed by atoms with Crippen LogP contribution in [0.25, 0.3) is 0 Å². The molecule has 0 unspecified atom stereocenters. The quantitative estimate of drug-likeness (QED) is 0.483. The highest BCUT2D eigenvalue weighted by Gasteiger charge is 2.17. The Morgan fingerprint density at radius 3 is 2.33 bits per heavy atom. The number of anilines is 1. The lowest BCUT2D eigenvalue weighted by Gasteiger charge is -2.14. The van der Waals surface area contributed by atoms with Crippen LogP contribution >= 0.6 is 22.9 Å². The van der Waals surface area contributed by atoms with E-state index in [1.807, 2.05) is 19.0 Å². The van der Waals surface area contributed by atoms with E-state index in [0.29, 0.717) is 32.6 Å². The summed E-state index contributed by atoms with van der Waals surface area (Å²) < 4.78 is 0.517. The fourth-order valence-electron chi connectivity index (χ4n) is 2.40. The van der Waals surface area contributed by atoms with Gasteiger partial charge in [-0.05, 0) is 51.3 Å². The number of rotatable bonds is 9. The maximum absolute atomic E-state index is 12.4. The number of benzene rings is 1. The summed E-state index contributed by atoms with van der Waals surface area (Å²) in [5.74, 6) is -0.608. The molecule has 1 aromatic heterocycles. The second kappa shape index (κ2) is 14.1. The summed E-state index contributed by atoms with van der Waals surface area (Å²) in [6, 6.07) is 8.23. The number of amides is 2. The molecule has 0 bridgehead atoms. The van der Waals surface area contributed by atoms with Crippen molar-refractivity contribution in [1.82, 2.24) is 10.2 Å². The highest BCUT2D eigenvalue weighted by atomic mass is 35.5. The van der Waals surface area contributed by atoms with Gasteiger partial charge in [0.05, 0.1) is 15.8 Å². The van der Waals surface area contributed by atoms with Gasteiger partial charge in [0.1, 0.15) is 0 Å².